The van der Waals surface area contributed by atoms with Crippen LogP contribution in [0.15, 0.2) is 0 Å². The molecule has 0 aromatic carbocycles. The molecule has 0 aromatic heterocycles. The van der Waals surface area contributed by atoms with Gasteiger partial charge in [-0.15, -0.1) is 0 Å². The smallest absolute Gasteiger partial charge is 0.224 e. The van der Waals surface area contributed by atoms with Crippen LogP contribution in [0.5, 0.6) is 0 Å². The van der Waals surface area contributed by atoms with Gasteiger partial charge in [0, 0.05) is 25.6 Å². The number of amides is 1. The standard InChI is InChI=1S/C21H37N3O/c22-15-11-17-24-16-10-12-19(18-24)21(25)23-20-13-8-6-4-2-1-3-5-7-9-14-20/h19-20H,1-14,16-18H2,(H,23,25). The minimum Gasteiger partial charge on any atom is -0.353 e. The average Bonchev–Trinajstić information content (AvgIpc) is 2.62. The quantitative estimate of drug-likeness (QED) is 0.820. The monoisotopic (exact) mass is 347 g/mol. The van der Waals surface area contributed by atoms with Gasteiger partial charge in [0.25, 0.3) is 0 Å². The van der Waals surface area contributed by atoms with Crippen LogP contribution in [0.1, 0.15) is 89.9 Å². The summed E-state index contributed by atoms with van der Waals surface area (Å²) in [7, 11) is 0. The molecule has 1 atom stereocenters. The normalized spacial score (nSPS) is 25.3. The molecule has 1 N–H and O–H groups in total. The number of hydrogen-bond acceptors (Lipinski definition) is 3. The van der Waals surface area contributed by atoms with Crippen LogP contribution >= 0.6 is 0 Å². The van der Waals surface area contributed by atoms with Gasteiger partial charge >= 0.3 is 0 Å². The molecule has 0 aromatic rings. The number of likely N-dealkylation sites (tertiary alicyclic amines) is 1. The summed E-state index contributed by atoms with van der Waals surface area (Å²) in [6.07, 6.45) is 17.0. The first-order chi connectivity index (χ1) is 12.3. The summed E-state index contributed by atoms with van der Waals surface area (Å²) >= 11 is 0. The van der Waals surface area contributed by atoms with Crippen LogP contribution in [-0.4, -0.2) is 36.5 Å². The fourth-order valence-corrected chi connectivity index (χ4v) is 4.31. The molecule has 1 heterocycles. The van der Waals surface area contributed by atoms with Crippen molar-refractivity contribution in [1.29, 1.82) is 5.26 Å². The van der Waals surface area contributed by atoms with Crippen LogP contribution in [0, 0.1) is 17.2 Å². The Morgan fingerprint density at radius 2 is 1.52 bits per heavy atom. The zero-order valence-electron chi connectivity index (χ0n) is 16.0. The van der Waals surface area contributed by atoms with Gasteiger partial charge in [-0.05, 0) is 32.2 Å². The number of carbonyl (C=O) groups is 1. The van der Waals surface area contributed by atoms with Crippen LogP contribution in [0.25, 0.3) is 0 Å². The lowest BCUT2D eigenvalue weighted by Crippen LogP contribution is -2.46. The van der Waals surface area contributed by atoms with Crippen molar-refractivity contribution in [3.8, 4) is 6.07 Å². The molecule has 0 radical (unpaired) electrons. The third-order valence-corrected chi connectivity index (χ3v) is 5.87. The topological polar surface area (TPSA) is 56.1 Å². The van der Waals surface area contributed by atoms with E-state index in [0.29, 0.717) is 12.5 Å². The van der Waals surface area contributed by atoms with Crippen molar-refractivity contribution in [1.82, 2.24) is 10.2 Å². The minimum atomic E-state index is 0.119. The van der Waals surface area contributed by atoms with E-state index in [0.717, 1.165) is 45.3 Å². The zero-order valence-corrected chi connectivity index (χ0v) is 16.0. The lowest BCUT2D eigenvalue weighted by Gasteiger charge is -2.32. The fourth-order valence-electron chi connectivity index (χ4n) is 4.31. The summed E-state index contributed by atoms with van der Waals surface area (Å²) < 4.78 is 0. The van der Waals surface area contributed by atoms with Gasteiger partial charge in [0.05, 0.1) is 12.0 Å². The molecule has 2 aliphatic rings. The van der Waals surface area contributed by atoms with Crippen molar-refractivity contribution < 1.29 is 4.79 Å². The summed E-state index contributed by atoms with van der Waals surface area (Å²) in [4.78, 5) is 15.0. The van der Waals surface area contributed by atoms with Crippen molar-refractivity contribution >= 4 is 5.91 Å². The summed E-state index contributed by atoms with van der Waals surface area (Å²) in [5, 5.41) is 12.1. The SMILES string of the molecule is N#CCCN1CCCC(C(=O)NC2CCCCCCCCCCC2)C1. The third kappa shape index (κ3) is 8.23. The molecule has 142 valence electrons. The molecule has 1 saturated heterocycles. The van der Waals surface area contributed by atoms with E-state index in [4.69, 9.17) is 5.26 Å². The van der Waals surface area contributed by atoms with Gasteiger partial charge in [0.15, 0.2) is 0 Å². The van der Waals surface area contributed by atoms with Gasteiger partial charge in [-0.25, -0.2) is 0 Å². The van der Waals surface area contributed by atoms with E-state index in [-0.39, 0.29) is 11.8 Å². The van der Waals surface area contributed by atoms with Gasteiger partial charge in [0.1, 0.15) is 0 Å². The first-order valence-corrected chi connectivity index (χ1v) is 10.7. The fraction of sp³-hybridized carbons (Fsp3) is 0.905. The Balaban J connectivity index is 1.78. The Morgan fingerprint density at radius 3 is 2.12 bits per heavy atom. The highest BCUT2D eigenvalue weighted by Gasteiger charge is 2.26. The predicted octanol–water partition coefficient (Wildman–Crippen LogP) is 4.40. The van der Waals surface area contributed by atoms with E-state index < -0.39 is 0 Å². The maximum atomic E-state index is 12.8. The van der Waals surface area contributed by atoms with Gasteiger partial charge in [-0.3, -0.25) is 4.79 Å². The van der Waals surface area contributed by atoms with Crippen molar-refractivity contribution in [2.75, 3.05) is 19.6 Å². The number of nitrogens with zero attached hydrogens (tertiary/aromatic N) is 2. The Kier molecular flexibility index (Phi) is 9.96. The summed E-state index contributed by atoms with van der Waals surface area (Å²) in [6, 6.07) is 2.59. The van der Waals surface area contributed by atoms with Crippen LogP contribution in [0.3, 0.4) is 0 Å². The molecule has 4 nitrogen and oxygen atoms in total. The molecule has 0 bridgehead atoms. The Bertz CT molecular complexity index is 406. The summed E-state index contributed by atoms with van der Waals surface area (Å²) in [6.45, 7) is 2.68. The van der Waals surface area contributed by atoms with E-state index in [1.807, 2.05) is 0 Å². The molecule has 1 unspecified atom stereocenters. The van der Waals surface area contributed by atoms with Crippen molar-refractivity contribution in [2.24, 2.45) is 5.92 Å². The lowest BCUT2D eigenvalue weighted by molar-refractivity contribution is -0.127. The second kappa shape index (κ2) is 12.3. The number of rotatable bonds is 4. The second-order valence-corrected chi connectivity index (χ2v) is 8.01. The lowest BCUT2D eigenvalue weighted by atomic mass is 9.94. The average molecular weight is 348 g/mol. The van der Waals surface area contributed by atoms with Gasteiger partial charge in [0.2, 0.25) is 5.91 Å². The Hall–Kier alpha value is -1.08. The Morgan fingerprint density at radius 1 is 0.920 bits per heavy atom. The molecule has 1 aliphatic carbocycles. The maximum absolute atomic E-state index is 12.8. The van der Waals surface area contributed by atoms with Crippen LogP contribution in [0.2, 0.25) is 0 Å². The molecule has 1 amide bonds. The molecule has 1 aliphatic heterocycles. The van der Waals surface area contributed by atoms with Crippen molar-refractivity contribution in [3.05, 3.63) is 0 Å². The molecule has 4 heteroatoms. The van der Waals surface area contributed by atoms with E-state index >= 15 is 0 Å². The Labute approximate surface area is 154 Å². The van der Waals surface area contributed by atoms with Gasteiger partial charge < -0.3 is 10.2 Å². The zero-order chi connectivity index (χ0) is 17.7. The first kappa shape index (κ1) is 20.2. The minimum absolute atomic E-state index is 0.119. The van der Waals surface area contributed by atoms with Crippen LogP contribution < -0.4 is 5.32 Å². The third-order valence-electron chi connectivity index (χ3n) is 5.87. The molecule has 0 spiro atoms. The van der Waals surface area contributed by atoms with Crippen LogP contribution in [-0.2, 0) is 4.79 Å². The summed E-state index contributed by atoms with van der Waals surface area (Å²) in [5.41, 5.74) is 0. The molecular weight excluding hydrogens is 310 g/mol. The number of nitriles is 1. The predicted molar refractivity (Wildman–Crippen MR) is 102 cm³/mol. The van der Waals surface area contributed by atoms with Crippen molar-refractivity contribution in [3.63, 3.8) is 0 Å². The van der Waals surface area contributed by atoms with Crippen molar-refractivity contribution in [2.45, 2.75) is 95.9 Å². The molecular formula is C21H37N3O. The second-order valence-electron chi connectivity index (χ2n) is 8.01. The largest absolute Gasteiger partial charge is 0.353 e. The molecule has 2 fully saturated rings. The van der Waals surface area contributed by atoms with E-state index in [9.17, 15) is 4.79 Å². The summed E-state index contributed by atoms with van der Waals surface area (Å²) in [5.74, 6) is 0.382. The van der Waals surface area contributed by atoms with Gasteiger partial charge in [-0.1, -0.05) is 57.8 Å². The molecule has 1 saturated carbocycles. The highest BCUT2D eigenvalue weighted by atomic mass is 16.2. The highest BCUT2D eigenvalue weighted by molar-refractivity contribution is 5.79. The molecule has 2 rings (SSSR count). The highest BCUT2D eigenvalue weighted by Crippen LogP contribution is 2.20. The molecule has 25 heavy (non-hydrogen) atoms. The van der Waals surface area contributed by atoms with Gasteiger partial charge in [-0.2, -0.15) is 5.26 Å². The van der Waals surface area contributed by atoms with E-state index in [1.165, 1.54) is 57.8 Å². The van der Waals surface area contributed by atoms with Crippen LogP contribution in [0.4, 0.5) is 0 Å². The number of carbonyl (C=O) groups excluding carboxylic acids is 1. The maximum Gasteiger partial charge on any atom is 0.224 e. The van der Waals surface area contributed by atoms with E-state index in [2.05, 4.69) is 16.3 Å². The number of hydrogen-bond donors (Lipinski definition) is 1. The number of nitrogens with one attached hydrogen (secondary N) is 1. The number of piperidine rings is 1. The first-order valence-electron chi connectivity index (χ1n) is 10.7. The van der Waals surface area contributed by atoms with E-state index in [1.54, 1.807) is 0 Å².